The molecule has 0 aliphatic rings. The zero-order valence-electron chi connectivity index (χ0n) is 7.86. The zero-order chi connectivity index (χ0) is 9.52. The van der Waals surface area contributed by atoms with Gasteiger partial charge >= 0.3 is 0 Å². The van der Waals surface area contributed by atoms with E-state index in [0.29, 0.717) is 6.42 Å². The molecule has 72 valence electrons. The molecule has 0 bridgehead atoms. The predicted molar refractivity (Wildman–Crippen MR) is 50.7 cm³/mol. The second-order valence-corrected chi connectivity index (χ2v) is 2.96. The Morgan fingerprint density at radius 3 is 3.00 bits per heavy atom. The van der Waals surface area contributed by atoms with E-state index in [1.54, 1.807) is 23.4 Å². The Kier molecular flexibility index (Phi) is 4.02. The first-order valence-electron chi connectivity index (χ1n) is 4.60. The lowest BCUT2D eigenvalue weighted by Crippen LogP contribution is -2.20. The van der Waals surface area contributed by atoms with Gasteiger partial charge in [0.05, 0.1) is 0 Å². The summed E-state index contributed by atoms with van der Waals surface area (Å²) in [6.45, 7) is 2.12. The van der Waals surface area contributed by atoms with E-state index >= 15 is 0 Å². The van der Waals surface area contributed by atoms with Gasteiger partial charge in [-0.1, -0.05) is 19.8 Å². The quantitative estimate of drug-likeness (QED) is 0.700. The van der Waals surface area contributed by atoms with E-state index in [1.807, 2.05) is 0 Å². The molecular formula is C9H15N3O. The molecule has 0 atom stereocenters. The summed E-state index contributed by atoms with van der Waals surface area (Å²) in [5, 5.41) is 0. The summed E-state index contributed by atoms with van der Waals surface area (Å²) >= 11 is 0. The number of nitrogens with one attached hydrogen (secondary N) is 1. The van der Waals surface area contributed by atoms with Crippen LogP contribution in [0.5, 0.6) is 0 Å². The van der Waals surface area contributed by atoms with E-state index in [2.05, 4.69) is 17.3 Å². The van der Waals surface area contributed by atoms with Gasteiger partial charge in [-0.15, -0.1) is 0 Å². The molecule has 0 aromatic carbocycles. The molecule has 0 radical (unpaired) electrons. The van der Waals surface area contributed by atoms with Crippen molar-refractivity contribution in [1.29, 1.82) is 0 Å². The number of carbonyl (C=O) groups excluding carboxylic acids is 1. The van der Waals surface area contributed by atoms with Gasteiger partial charge in [0.15, 0.2) is 0 Å². The number of unbranched alkanes of at least 4 members (excludes halogenated alkanes) is 2. The fraction of sp³-hybridized carbons (Fsp3) is 0.556. The van der Waals surface area contributed by atoms with Crippen LogP contribution < -0.4 is 5.43 Å². The highest BCUT2D eigenvalue weighted by Crippen LogP contribution is 1.98. The van der Waals surface area contributed by atoms with Crippen LogP contribution in [0.1, 0.15) is 32.6 Å². The molecule has 0 spiro atoms. The summed E-state index contributed by atoms with van der Waals surface area (Å²) in [6, 6.07) is 0. The van der Waals surface area contributed by atoms with Gasteiger partial charge < -0.3 is 0 Å². The number of aromatic nitrogens is 2. The molecule has 0 aliphatic heterocycles. The van der Waals surface area contributed by atoms with Crippen molar-refractivity contribution in [3.05, 3.63) is 18.7 Å². The number of rotatable bonds is 5. The molecule has 0 aliphatic carbocycles. The number of nitrogens with zero attached hydrogens (tertiary/aromatic N) is 2. The Morgan fingerprint density at radius 2 is 2.38 bits per heavy atom. The topological polar surface area (TPSA) is 46.9 Å². The molecule has 0 unspecified atom stereocenters. The Labute approximate surface area is 77.9 Å². The highest BCUT2D eigenvalue weighted by Gasteiger charge is 1.99. The first-order chi connectivity index (χ1) is 6.33. The highest BCUT2D eigenvalue weighted by molar-refractivity contribution is 5.83. The largest absolute Gasteiger partial charge is 0.273 e. The van der Waals surface area contributed by atoms with Gasteiger partial charge in [-0.2, -0.15) is 0 Å². The molecule has 0 fully saturated rings. The maximum Gasteiger partial charge on any atom is 0.238 e. The lowest BCUT2D eigenvalue weighted by atomic mass is 10.2. The van der Waals surface area contributed by atoms with E-state index in [4.69, 9.17) is 0 Å². The molecule has 1 aromatic rings. The van der Waals surface area contributed by atoms with Crippen LogP contribution >= 0.6 is 0 Å². The molecule has 4 heteroatoms. The molecule has 0 saturated carbocycles. The van der Waals surface area contributed by atoms with Crippen molar-refractivity contribution in [2.75, 3.05) is 5.43 Å². The lowest BCUT2D eigenvalue weighted by molar-refractivity contribution is -0.117. The third-order valence-corrected chi connectivity index (χ3v) is 1.77. The van der Waals surface area contributed by atoms with Crippen molar-refractivity contribution in [2.45, 2.75) is 32.6 Å². The van der Waals surface area contributed by atoms with Crippen molar-refractivity contribution >= 4 is 5.91 Å². The average Bonchev–Trinajstić information content (AvgIpc) is 2.57. The molecule has 0 saturated heterocycles. The van der Waals surface area contributed by atoms with Gasteiger partial charge in [-0.05, 0) is 6.42 Å². The summed E-state index contributed by atoms with van der Waals surface area (Å²) < 4.78 is 1.56. The molecule has 1 amide bonds. The van der Waals surface area contributed by atoms with Crippen LogP contribution in [0.3, 0.4) is 0 Å². The van der Waals surface area contributed by atoms with Crippen LogP contribution in [0.15, 0.2) is 18.7 Å². The molecule has 1 heterocycles. The smallest absolute Gasteiger partial charge is 0.238 e. The van der Waals surface area contributed by atoms with Crippen LogP contribution in [0.4, 0.5) is 0 Å². The molecule has 13 heavy (non-hydrogen) atoms. The molecule has 4 nitrogen and oxygen atoms in total. The minimum atomic E-state index is 0.0476. The first-order valence-corrected chi connectivity index (χ1v) is 4.60. The number of hydrogen-bond donors (Lipinski definition) is 1. The Morgan fingerprint density at radius 1 is 1.54 bits per heavy atom. The second-order valence-electron chi connectivity index (χ2n) is 2.96. The summed E-state index contributed by atoms with van der Waals surface area (Å²) in [7, 11) is 0. The van der Waals surface area contributed by atoms with Gasteiger partial charge in [0, 0.05) is 18.8 Å². The molecular weight excluding hydrogens is 166 g/mol. The maximum absolute atomic E-state index is 11.2. The van der Waals surface area contributed by atoms with E-state index in [9.17, 15) is 4.79 Å². The third-order valence-electron chi connectivity index (χ3n) is 1.77. The van der Waals surface area contributed by atoms with Crippen LogP contribution in [-0.2, 0) is 4.79 Å². The van der Waals surface area contributed by atoms with E-state index in [0.717, 1.165) is 19.3 Å². The standard InChI is InChI=1S/C9H15N3O/c1-2-3-4-5-9(13)11-12-7-6-10-8-12/h6-8H,2-5H2,1H3,(H,11,13). The van der Waals surface area contributed by atoms with Crippen molar-refractivity contribution in [2.24, 2.45) is 0 Å². The SMILES string of the molecule is CCCCCC(=O)Nn1ccnc1. The van der Waals surface area contributed by atoms with Crippen LogP contribution in [-0.4, -0.2) is 15.6 Å². The Hall–Kier alpha value is -1.32. The van der Waals surface area contributed by atoms with E-state index in [1.165, 1.54) is 0 Å². The number of imidazole rings is 1. The van der Waals surface area contributed by atoms with E-state index in [-0.39, 0.29) is 5.91 Å². The Bertz CT molecular complexity index is 243. The zero-order valence-corrected chi connectivity index (χ0v) is 7.86. The minimum Gasteiger partial charge on any atom is -0.273 e. The summed E-state index contributed by atoms with van der Waals surface area (Å²) in [5.41, 5.74) is 2.70. The van der Waals surface area contributed by atoms with Crippen molar-refractivity contribution in [1.82, 2.24) is 9.66 Å². The van der Waals surface area contributed by atoms with Crippen molar-refractivity contribution in [3.63, 3.8) is 0 Å². The van der Waals surface area contributed by atoms with Crippen molar-refractivity contribution < 1.29 is 4.79 Å². The van der Waals surface area contributed by atoms with Crippen LogP contribution in [0.25, 0.3) is 0 Å². The lowest BCUT2D eigenvalue weighted by Gasteiger charge is -2.03. The summed E-state index contributed by atoms with van der Waals surface area (Å²) in [4.78, 5) is 15.0. The number of hydrogen-bond acceptors (Lipinski definition) is 2. The molecule has 1 N–H and O–H groups in total. The highest BCUT2D eigenvalue weighted by atomic mass is 16.2. The maximum atomic E-state index is 11.2. The number of carbonyl (C=O) groups is 1. The minimum absolute atomic E-state index is 0.0476. The van der Waals surface area contributed by atoms with Crippen LogP contribution in [0.2, 0.25) is 0 Å². The average molecular weight is 181 g/mol. The van der Waals surface area contributed by atoms with E-state index < -0.39 is 0 Å². The fourth-order valence-corrected chi connectivity index (χ4v) is 1.06. The first kappa shape index (κ1) is 9.77. The molecule has 1 aromatic heterocycles. The van der Waals surface area contributed by atoms with Gasteiger partial charge in [-0.25, -0.2) is 9.66 Å². The Balaban J connectivity index is 2.18. The monoisotopic (exact) mass is 181 g/mol. The number of amides is 1. The van der Waals surface area contributed by atoms with Gasteiger partial charge in [-0.3, -0.25) is 10.2 Å². The molecule has 1 rings (SSSR count). The fourth-order valence-electron chi connectivity index (χ4n) is 1.06. The predicted octanol–water partition coefficient (Wildman–Crippen LogP) is 1.53. The third kappa shape index (κ3) is 3.73. The summed E-state index contributed by atoms with van der Waals surface area (Å²) in [5.74, 6) is 0.0476. The van der Waals surface area contributed by atoms with Crippen LogP contribution in [0, 0.1) is 0 Å². The normalized spacial score (nSPS) is 9.92. The summed E-state index contributed by atoms with van der Waals surface area (Å²) in [6.07, 6.45) is 8.69. The van der Waals surface area contributed by atoms with Crippen molar-refractivity contribution in [3.8, 4) is 0 Å². The van der Waals surface area contributed by atoms with Gasteiger partial charge in [0.1, 0.15) is 6.33 Å². The van der Waals surface area contributed by atoms with Gasteiger partial charge in [0.2, 0.25) is 5.91 Å². The second kappa shape index (κ2) is 5.35. The van der Waals surface area contributed by atoms with Gasteiger partial charge in [0.25, 0.3) is 0 Å².